The van der Waals surface area contributed by atoms with E-state index in [1.807, 2.05) is 24.3 Å². The fourth-order valence-corrected chi connectivity index (χ4v) is 2.36. The van der Waals surface area contributed by atoms with Gasteiger partial charge in [0.1, 0.15) is 0 Å². The Hall–Kier alpha value is -2.42. The molecule has 3 nitrogen and oxygen atoms in total. The molecule has 0 aromatic heterocycles. The lowest BCUT2D eigenvalue weighted by molar-refractivity contribution is 0.0954. The maximum absolute atomic E-state index is 12.1. The number of amides is 1. The van der Waals surface area contributed by atoms with Crippen molar-refractivity contribution in [2.45, 2.75) is 6.92 Å². The van der Waals surface area contributed by atoms with Gasteiger partial charge in [0, 0.05) is 23.2 Å². The molecule has 0 aliphatic carbocycles. The van der Waals surface area contributed by atoms with Gasteiger partial charge in [-0.2, -0.15) is 0 Å². The molecule has 0 saturated carbocycles. The van der Waals surface area contributed by atoms with Gasteiger partial charge in [0.15, 0.2) is 0 Å². The maximum Gasteiger partial charge on any atom is 0.252 e. The zero-order valence-corrected chi connectivity index (χ0v) is 11.4. The maximum atomic E-state index is 12.1. The third kappa shape index (κ3) is 2.35. The molecule has 0 bridgehead atoms. The highest BCUT2D eigenvalue weighted by atomic mass is 16.1. The first-order chi connectivity index (χ1) is 9.75. The fourth-order valence-electron chi connectivity index (χ4n) is 2.36. The Labute approximate surface area is 118 Å². The van der Waals surface area contributed by atoms with E-state index in [2.05, 4.69) is 41.5 Å². The smallest absolute Gasteiger partial charge is 0.252 e. The molecule has 1 aliphatic rings. The number of rotatable bonds is 1. The Balaban J connectivity index is 2.15. The van der Waals surface area contributed by atoms with Crippen LogP contribution in [0.1, 0.15) is 27.0 Å². The van der Waals surface area contributed by atoms with Crippen molar-refractivity contribution >= 4 is 11.6 Å². The third-order valence-electron chi connectivity index (χ3n) is 3.42. The van der Waals surface area contributed by atoms with Crippen molar-refractivity contribution in [1.82, 2.24) is 5.32 Å². The zero-order chi connectivity index (χ0) is 13.9. The van der Waals surface area contributed by atoms with Crippen molar-refractivity contribution < 1.29 is 4.79 Å². The van der Waals surface area contributed by atoms with Gasteiger partial charge in [0.2, 0.25) is 0 Å². The summed E-state index contributed by atoms with van der Waals surface area (Å²) in [4.78, 5) is 16.8. The number of carbonyl (C=O) groups excluding carboxylic acids is 1. The van der Waals surface area contributed by atoms with E-state index in [4.69, 9.17) is 0 Å². The second-order valence-electron chi connectivity index (χ2n) is 4.90. The minimum absolute atomic E-state index is 0.0277. The first kappa shape index (κ1) is 12.6. The molecule has 2 aromatic carbocycles. The number of nitrogens with one attached hydrogen (secondary N) is 1. The molecule has 0 saturated heterocycles. The van der Waals surface area contributed by atoms with Crippen LogP contribution >= 0.6 is 0 Å². The highest BCUT2D eigenvalue weighted by molar-refractivity contribution is 6.18. The molecule has 1 N–H and O–H groups in total. The molecule has 1 amide bonds. The van der Waals surface area contributed by atoms with Crippen molar-refractivity contribution in [3.05, 3.63) is 70.8 Å². The minimum atomic E-state index is -0.0277. The first-order valence-corrected chi connectivity index (χ1v) is 6.75. The Bertz CT molecular complexity index is 672. The van der Waals surface area contributed by atoms with Gasteiger partial charge in [0.05, 0.1) is 12.3 Å². The number of benzene rings is 2. The van der Waals surface area contributed by atoms with E-state index in [0.717, 1.165) is 16.8 Å². The molecular formula is C17H16N2O. The number of hydrogen-bond donors (Lipinski definition) is 1. The van der Waals surface area contributed by atoms with Gasteiger partial charge in [-0.25, -0.2) is 0 Å². The van der Waals surface area contributed by atoms with Gasteiger partial charge < -0.3 is 5.32 Å². The summed E-state index contributed by atoms with van der Waals surface area (Å²) in [5, 5.41) is 2.88. The molecule has 0 radical (unpaired) electrons. The molecule has 0 spiro atoms. The highest BCUT2D eigenvalue weighted by Crippen LogP contribution is 2.17. The van der Waals surface area contributed by atoms with Crippen LogP contribution in [0.3, 0.4) is 0 Å². The van der Waals surface area contributed by atoms with E-state index >= 15 is 0 Å². The van der Waals surface area contributed by atoms with Crippen molar-refractivity contribution in [2.24, 2.45) is 4.99 Å². The average Bonchev–Trinajstić information content (AvgIpc) is 2.47. The number of aryl methyl sites for hydroxylation is 1. The van der Waals surface area contributed by atoms with E-state index in [1.54, 1.807) is 0 Å². The number of carbonyl (C=O) groups is 1. The van der Waals surface area contributed by atoms with Crippen LogP contribution in [-0.2, 0) is 0 Å². The summed E-state index contributed by atoms with van der Waals surface area (Å²) in [7, 11) is 0. The van der Waals surface area contributed by atoms with Crippen LogP contribution in [0, 0.1) is 6.92 Å². The van der Waals surface area contributed by atoms with E-state index in [1.165, 1.54) is 5.56 Å². The quantitative estimate of drug-likeness (QED) is 0.845. The van der Waals surface area contributed by atoms with Crippen LogP contribution in [0.25, 0.3) is 0 Å². The van der Waals surface area contributed by atoms with Crippen LogP contribution in [0.5, 0.6) is 0 Å². The molecule has 0 unspecified atom stereocenters. The molecule has 1 heterocycles. The Morgan fingerprint density at radius 1 is 1.00 bits per heavy atom. The summed E-state index contributed by atoms with van der Waals surface area (Å²) < 4.78 is 0. The Kier molecular flexibility index (Phi) is 3.33. The van der Waals surface area contributed by atoms with Gasteiger partial charge in [0.25, 0.3) is 5.91 Å². The first-order valence-electron chi connectivity index (χ1n) is 6.75. The van der Waals surface area contributed by atoms with Crippen LogP contribution in [0.15, 0.2) is 53.5 Å². The van der Waals surface area contributed by atoms with Gasteiger partial charge in [-0.1, -0.05) is 48.0 Å². The van der Waals surface area contributed by atoms with Crippen molar-refractivity contribution in [1.29, 1.82) is 0 Å². The van der Waals surface area contributed by atoms with Crippen molar-refractivity contribution in [3.8, 4) is 0 Å². The normalized spacial score (nSPS) is 14.7. The summed E-state index contributed by atoms with van der Waals surface area (Å²) in [5.41, 5.74) is 4.75. The predicted molar refractivity (Wildman–Crippen MR) is 80.5 cm³/mol. The van der Waals surface area contributed by atoms with Crippen LogP contribution < -0.4 is 5.32 Å². The summed E-state index contributed by atoms with van der Waals surface area (Å²) in [6.45, 7) is 3.23. The standard InChI is InChI=1S/C17H16N2O/c1-12-6-8-13(9-7-12)16-14-4-2-3-5-15(14)17(20)19-11-10-18-16/h2-9H,10-11H2,1H3,(H,19,20). The lowest BCUT2D eigenvalue weighted by Gasteiger charge is -2.16. The van der Waals surface area contributed by atoms with Crippen LogP contribution in [0.4, 0.5) is 0 Å². The Morgan fingerprint density at radius 2 is 1.70 bits per heavy atom. The molecular weight excluding hydrogens is 248 g/mol. The number of fused-ring (bicyclic) bond motifs is 1. The molecule has 20 heavy (non-hydrogen) atoms. The molecule has 3 heteroatoms. The zero-order valence-electron chi connectivity index (χ0n) is 11.4. The SMILES string of the molecule is Cc1ccc(C2=NCCNC(=O)c3ccccc32)cc1. The van der Waals surface area contributed by atoms with E-state index < -0.39 is 0 Å². The van der Waals surface area contributed by atoms with Crippen molar-refractivity contribution in [3.63, 3.8) is 0 Å². The topological polar surface area (TPSA) is 41.5 Å². The minimum Gasteiger partial charge on any atom is -0.350 e. The molecule has 0 fully saturated rings. The average molecular weight is 264 g/mol. The fraction of sp³-hybridized carbons (Fsp3) is 0.176. The van der Waals surface area contributed by atoms with E-state index in [0.29, 0.717) is 18.7 Å². The largest absolute Gasteiger partial charge is 0.350 e. The second kappa shape index (κ2) is 5.29. The van der Waals surface area contributed by atoms with Gasteiger partial charge in [-0.05, 0) is 13.0 Å². The lowest BCUT2D eigenvalue weighted by Crippen LogP contribution is -2.30. The van der Waals surface area contributed by atoms with Crippen LogP contribution in [0.2, 0.25) is 0 Å². The summed E-state index contributed by atoms with van der Waals surface area (Å²) in [6.07, 6.45) is 0. The van der Waals surface area contributed by atoms with E-state index in [-0.39, 0.29) is 5.91 Å². The molecule has 2 aromatic rings. The lowest BCUT2D eigenvalue weighted by atomic mass is 9.96. The Morgan fingerprint density at radius 3 is 2.45 bits per heavy atom. The molecule has 3 rings (SSSR count). The van der Waals surface area contributed by atoms with Gasteiger partial charge in [-0.15, -0.1) is 0 Å². The number of hydrogen-bond acceptors (Lipinski definition) is 2. The summed E-state index contributed by atoms with van der Waals surface area (Å²) in [6, 6.07) is 15.9. The predicted octanol–water partition coefficient (Wildman–Crippen LogP) is 2.58. The van der Waals surface area contributed by atoms with Gasteiger partial charge in [-0.3, -0.25) is 9.79 Å². The highest BCUT2D eigenvalue weighted by Gasteiger charge is 2.17. The third-order valence-corrected chi connectivity index (χ3v) is 3.42. The monoisotopic (exact) mass is 264 g/mol. The molecule has 0 atom stereocenters. The van der Waals surface area contributed by atoms with Crippen molar-refractivity contribution in [2.75, 3.05) is 13.1 Å². The summed E-state index contributed by atoms with van der Waals surface area (Å²) >= 11 is 0. The number of nitrogens with zero attached hydrogens (tertiary/aromatic N) is 1. The van der Waals surface area contributed by atoms with E-state index in [9.17, 15) is 4.79 Å². The van der Waals surface area contributed by atoms with Gasteiger partial charge >= 0.3 is 0 Å². The summed E-state index contributed by atoms with van der Waals surface area (Å²) in [5.74, 6) is -0.0277. The molecule has 1 aliphatic heterocycles. The van der Waals surface area contributed by atoms with Crippen LogP contribution in [-0.4, -0.2) is 24.7 Å². The number of aliphatic imine (C=N–C) groups is 1. The molecule has 100 valence electrons. The second-order valence-corrected chi connectivity index (χ2v) is 4.90.